The number of ketones is 1. The Morgan fingerprint density at radius 2 is 2.28 bits per heavy atom. The zero-order chi connectivity index (χ0) is 13.7. The fourth-order valence-corrected chi connectivity index (χ4v) is 1.42. The van der Waals surface area contributed by atoms with Crippen molar-refractivity contribution >= 4 is 29.2 Å². The van der Waals surface area contributed by atoms with E-state index in [4.69, 9.17) is 11.6 Å². The number of hydrogen-bond acceptors (Lipinski definition) is 6. The first-order valence-electron chi connectivity index (χ1n) is 4.98. The molecule has 1 aromatic heterocycles. The van der Waals surface area contributed by atoms with Crippen LogP contribution in [0.25, 0.3) is 0 Å². The highest BCUT2D eigenvalue weighted by Crippen LogP contribution is 2.21. The molecule has 0 saturated heterocycles. The highest BCUT2D eigenvalue weighted by Gasteiger charge is 2.21. The number of ether oxygens (including phenoxy) is 1. The van der Waals surface area contributed by atoms with Gasteiger partial charge in [0, 0.05) is 0 Å². The predicted octanol–water partition coefficient (Wildman–Crippen LogP) is 0.967. The predicted molar refractivity (Wildman–Crippen MR) is 60.1 cm³/mol. The van der Waals surface area contributed by atoms with Crippen molar-refractivity contribution < 1.29 is 19.2 Å². The second-order valence-electron chi connectivity index (χ2n) is 3.28. The highest BCUT2D eigenvalue weighted by atomic mass is 35.5. The second kappa shape index (κ2) is 6.10. The van der Waals surface area contributed by atoms with E-state index in [-0.39, 0.29) is 18.2 Å². The fraction of sp³-hybridized carbons (Fsp3) is 0.444. The van der Waals surface area contributed by atoms with Crippen LogP contribution in [0.1, 0.15) is 13.3 Å². The zero-order valence-corrected chi connectivity index (χ0v) is 10.2. The molecule has 1 rings (SSSR count). The van der Waals surface area contributed by atoms with E-state index in [1.165, 1.54) is 0 Å². The molecule has 0 aliphatic heterocycles. The summed E-state index contributed by atoms with van der Waals surface area (Å²) >= 11 is 5.55. The van der Waals surface area contributed by atoms with Crippen LogP contribution in [0, 0.1) is 10.1 Å². The Morgan fingerprint density at radius 1 is 1.61 bits per heavy atom. The number of Topliss-reactive ketones (excluding diaryl/α,β-unsaturated/α-hetero) is 1. The van der Waals surface area contributed by atoms with Gasteiger partial charge in [0.25, 0.3) is 0 Å². The van der Waals surface area contributed by atoms with Crippen molar-refractivity contribution in [2.75, 3.05) is 6.61 Å². The minimum absolute atomic E-state index is 0.163. The molecule has 0 fully saturated rings. The van der Waals surface area contributed by atoms with Crippen LogP contribution in [0.2, 0.25) is 5.02 Å². The summed E-state index contributed by atoms with van der Waals surface area (Å²) in [6.07, 6.45) is 0.752. The van der Waals surface area contributed by atoms with Crippen molar-refractivity contribution in [3.05, 3.63) is 21.3 Å². The Kier molecular flexibility index (Phi) is 4.78. The SMILES string of the molecule is CCOC(=O)CC(=O)Cn1cc(Cl)c([N+](=O)[O-])n1. The van der Waals surface area contributed by atoms with Crippen molar-refractivity contribution in [3.8, 4) is 0 Å². The smallest absolute Gasteiger partial charge is 0.408 e. The van der Waals surface area contributed by atoms with Crippen LogP contribution >= 0.6 is 11.6 Å². The summed E-state index contributed by atoms with van der Waals surface area (Å²) in [4.78, 5) is 32.1. The molecule has 0 aliphatic carbocycles. The molecule has 0 radical (unpaired) electrons. The summed E-state index contributed by atoms with van der Waals surface area (Å²) in [5.41, 5.74) is 0. The van der Waals surface area contributed by atoms with Gasteiger partial charge in [-0.25, -0.2) is 0 Å². The molecule has 0 saturated carbocycles. The zero-order valence-electron chi connectivity index (χ0n) is 9.46. The molecule has 8 nitrogen and oxygen atoms in total. The van der Waals surface area contributed by atoms with Gasteiger partial charge in [0.05, 0.1) is 17.9 Å². The first kappa shape index (κ1) is 14.1. The maximum atomic E-state index is 11.4. The quantitative estimate of drug-likeness (QED) is 0.331. The molecule has 0 aromatic carbocycles. The summed E-state index contributed by atoms with van der Waals surface area (Å²) in [7, 11) is 0. The topological polar surface area (TPSA) is 104 Å². The third-order valence-electron chi connectivity index (χ3n) is 1.86. The Bertz CT molecular complexity index is 485. The van der Waals surface area contributed by atoms with E-state index in [2.05, 4.69) is 9.84 Å². The van der Waals surface area contributed by atoms with E-state index >= 15 is 0 Å². The van der Waals surface area contributed by atoms with E-state index < -0.39 is 28.9 Å². The monoisotopic (exact) mass is 275 g/mol. The fourth-order valence-electron chi connectivity index (χ4n) is 1.20. The summed E-state index contributed by atoms with van der Waals surface area (Å²) < 4.78 is 5.61. The number of aromatic nitrogens is 2. The Balaban J connectivity index is 2.62. The van der Waals surface area contributed by atoms with Crippen molar-refractivity contribution in [1.82, 2.24) is 9.78 Å². The molecule has 0 aliphatic rings. The molecule has 0 spiro atoms. The lowest BCUT2D eigenvalue weighted by atomic mass is 10.3. The van der Waals surface area contributed by atoms with Crippen LogP contribution in [0.3, 0.4) is 0 Å². The van der Waals surface area contributed by atoms with Gasteiger partial charge in [-0.2, -0.15) is 4.68 Å². The first-order valence-corrected chi connectivity index (χ1v) is 5.36. The van der Waals surface area contributed by atoms with E-state index in [1.807, 2.05) is 0 Å². The van der Waals surface area contributed by atoms with Crippen LogP contribution in [0.5, 0.6) is 0 Å². The molecule has 0 amide bonds. The molecule has 9 heteroatoms. The standard InChI is InChI=1S/C9H10ClN3O5/c1-2-18-8(15)3-6(14)4-12-5-7(10)9(11-12)13(16)17/h5H,2-4H2,1H3. The van der Waals surface area contributed by atoms with E-state index in [0.717, 1.165) is 10.9 Å². The first-order chi connectivity index (χ1) is 8.43. The molecular formula is C9H10ClN3O5. The van der Waals surface area contributed by atoms with Crippen LogP contribution in [0.15, 0.2) is 6.20 Å². The number of halogens is 1. The Hall–Kier alpha value is -1.96. The van der Waals surface area contributed by atoms with Gasteiger partial charge >= 0.3 is 11.8 Å². The van der Waals surface area contributed by atoms with Gasteiger partial charge in [-0.1, -0.05) is 11.6 Å². The maximum Gasteiger partial charge on any atom is 0.408 e. The van der Waals surface area contributed by atoms with Gasteiger partial charge < -0.3 is 14.9 Å². The van der Waals surface area contributed by atoms with E-state index in [0.29, 0.717) is 0 Å². The lowest BCUT2D eigenvalue weighted by molar-refractivity contribution is -0.389. The molecule has 0 N–H and O–H groups in total. The van der Waals surface area contributed by atoms with Crippen LogP contribution in [0.4, 0.5) is 5.82 Å². The highest BCUT2D eigenvalue weighted by molar-refractivity contribution is 6.32. The summed E-state index contributed by atoms with van der Waals surface area (Å²) in [6, 6.07) is 0. The Morgan fingerprint density at radius 3 is 2.78 bits per heavy atom. The van der Waals surface area contributed by atoms with Crippen molar-refractivity contribution in [2.24, 2.45) is 0 Å². The number of esters is 1. The number of carbonyl (C=O) groups excluding carboxylic acids is 2. The maximum absolute atomic E-state index is 11.4. The average molecular weight is 276 g/mol. The molecule has 0 bridgehead atoms. The van der Waals surface area contributed by atoms with Crippen molar-refractivity contribution in [3.63, 3.8) is 0 Å². The van der Waals surface area contributed by atoms with Gasteiger partial charge in [-0.15, -0.1) is 0 Å². The molecule has 0 unspecified atom stereocenters. The molecule has 98 valence electrons. The number of nitrogens with zero attached hydrogens (tertiary/aromatic N) is 3. The second-order valence-corrected chi connectivity index (χ2v) is 3.68. The van der Waals surface area contributed by atoms with Gasteiger partial charge in [0.15, 0.2) is 10.8 Å². The van der Waals surface area contributed by atoms with Gasteiger partial charge in [0.2, 0.25) is 0 Å². The summed E-state index contributed by atoms with van der Waals surface area (Å²) in [5, 5.41) is 13.8. The van der Waals surface area contributed by atoms with E-state index in [9.17, 15) is 19.7 Å². The number of rotatable bonds is 6. The summed E-state index contributed by atoms with van der Waals surface area (Å²) in [6.45, 7) is 1.54. The number of carbonyl (C=O) groups is 2. The molecule has 18 heavy (non-hydrogen) atoms. The summed E-state index contributed by atoms with van der Waals surface area (Å²) in [5.74, 6) is -1.64. The number of hydrogen-bond donors (Lipinski definition) is 0. The Labute approximate surface area is 107 Å². The lowest BCUT2D eigenvalue weighted by Gasteiger charge is -1.99. The van der Waals surface area contributed by atoms with Gasteiger partial charge in [0.1, 0.15) is 13.0 Å². The molecule has 0 atom stereocenters. The van der Waals surface area contributed by atoms with Gasteiger partial charge in [-0.3, -0.25) is 9.59 Å². The third-order valence-corrected chi connectivity index (χ3v) is 2.12. The van der Waals surface area contributed by atoms with Crippen molar-refractivity contribution in [2.45, 2.75) is 19.9 Å². The lowest BCUT2D eigenvalue weighted by Crippen LogP contribution is -2.16. The largest absolute Gasteiger partial charge is 0.466 e. The minimum atomic E-state index is -0.755. The normalized spacial score (nSPS) is 10.1. The molecular weight excluding hydrogens is 266 g/mol. The van der Waals surface area contributed by atoms with Crippen LogP contribution in [-0.2, 0) is 20.9 Å². The van der Waals surface area contributed by atoms with Gasteiger partial charge in [-0.05, 0) is 11.8 Å². The van der Waals surface area contributed by atoms with Crippen molar-refractivity contribution in [1.29, 1.82) is 0 Å². The number of nitro groups is 1. The van der Waals surface area contributed by atoms with Crippen LogP contribution in [-0.4, -0.2) is 33.1 Å². The van der Waals surface area contributed by atoms with Crippen LogP contribution < -0.4 is 0 Å². The van der Waals surface area contributed by atoms with E-state index in [1.54, 1.807) is 6.92 Å². The average Bonchev–Trinajstić information content (AvgIpc) is 2.59. The third kappa shape index (κ3) is 3.81. The molecule has 1 aromatic rings. The minimum Gasteiger partial charge on any atom is -0.466 e. The molecule has 1 heterocycles.